The van der Waals surface area contributed by atoms with Crippen molar-refractivity contribution >= 4 is 5.82 Å². The molecule has 3 aromatic rings. The Morgan fingerprint density at radius 1 is 1.12 bits per heavy atom. The van der Waals surface area contributed by atoms with Gasteiger partial charge >= 0.3 is 0 Å². The molecule has 2 bridgehead atoms. The maximum Gasteiger partial charge on any atom is 0.267 e. The van der Waals surface area contributed by atoms with Gasteiger partial charge in [0.15, 0.2) is 5.82 Å². The number of fused-ring (bicyclic) bond motifs is 2. The summed E-state index contributed by atoms with van der Waals surface area (Å²) in [6.45, 7) is 0. The summed E-state index contributed by atoms with van der Waals surface area (Å²) < 4.78 is 16.0. The van der Waals surface area contributed by atoms with Crippen LogP contribution in [0.25, 0.3) is 22.4 Å². The van der Waals surface area contributed by atoms with E-state index in [0.717, 1.165) is 23.3 Å². The molecule has 5 rings (SSSR count). The van der Waals surface area contributed by atoms with Gasteiger partial charge in [-0.3, -0.25) is 4.79 Å². The molecule has 3 atom stereocenters. The Bertz CT molecular complexity index is 1220. The van der Waals surface area contributed by atoms with Crippen LogP contribution in [0.5, 0.6) is 5.75 Å². The fourth-order valence-electron chi connectivity index (χ4n) is 5.00. The fraction of sp³-hybridized carbons (Fsp3) is 0.417. The van der Waals surface area contributed by atoms with Crippen molar-refractivity contribution in [3.05, 3.63) is 52.7 Å². The van der Waals surface area contributed by atoms with Crippen molar-refractivity contribution in [1.82, 2.24) is 25.3 Å². The number of nitrogens with zero attached hydrogens (tertiary/aromatic N) is 5. The molecule has 2 aromatic heterocycles. The Morgan fingerprint density at radius 3 is 2.55 bits per heavy atom. The lowest BCUT2D eigenvalue weighted by molar-refractivity contribution is 0.219. The topological polar surface area (TPSA) is 96.2 Å². The van der Waals surface area contributed by atoms with Crippen LogP contribution in [0, 0.1) is 5.82 Å². The van der Waals surface area contributed by atoms with Crippen LogP contribution in [0.15, 0.2) is 41.3 Å². The van der Waals surface area contributed by atoms with Gasteiger partial charge in [-0.25, -0.2) is 9.07 Å². The summed E-state index contributed by atoms with van der Waals surface area (Å²) in [5.74, 6) is 0.0299. The average molecular weight is 451 g/mol. The summed E-state index contributed by atoms with van der Waals surface area (Å²) in [4.78, 5) is 14.0. The fourth-order valence-corrected chi connectivity index (χ4v) is 5.00. The van der Waals surface area contributed by atoms with E-state index in [9.17, 15) is 14.3 Å². The smallest absolute Gasteiger partial charge is 0.267 e. The van der Waals surface area contributed by atoms with Crippen molar-refractivity contribution in [3.8, 4) is 28.1 Å². The summed E-state index contributed by atoms with van der Waals surface area (Å²) >= 11 is 0. The highest BCUT2D eigenvalue weighted by molar-refractivity contribution is 5.74. The number of aryl methyl sites for hydroxylation is 1. The van der Waals surface area contributed by atoms with Crippen molar-refractivity contribution in [2.24, 2.45) is 7.05 Å². The molecule has 2 fully saturated rings. The minimum Gasteiger partial charge on any atom is -0.507 e. The number of piperidine rings is 2. The molecule has 0 spiro atoms. The van der Waals surface area contributed by atoms with Crippen molar-refractivity contribution in [2.75, 3.05) is 11.9 Å². The van der Waals surface area contributed by atoms with Gasteiger partial charge in [0, 0.05) is 55.0 Å². The van der Waals surface area contributed by atoms with Crippen LogP contribution in [0.2, 0.25) is 0 Å². The zero-order valence-corrected chi connectivity index (χ0v) is 18.7. The molecule has 4 heterocycles. The van der Waals surface area contributed by atoms with E-state index in [4.69, 9.17) is 0 Å². The lowest BCUT2D eigenvalue weighted by Crippen LogP contribution is -2.54. The van der Waals surface area contributed by atoms with E-state index in [0.29, 0.717) is 29.4 Å². The van der Waals surface area contributed by atoms with E-state index in [1.54, 1.807) is 6.07 Å². The predicted molar refractivity (Wildman–Crippen MR) is 124 cm³/mol. The zero-order chi connectivity index (χ0) is 23.1. The van der Waals surface area contributed by atoms with Gasteiger partial charge < -0.3 is 15.3 Å². The zero-order valence-electron chi connectivity index (χ0n) is 18.7. The first-order valence-electron chi connectivity index (χ1n) is 11.3. The number of halogens is 1. The number of phenolic OH excluding ortho intramolecular Hbond substituents is 1. The Hall–Kier alpha value is -3.33. The van der Waals surface area contributed by atoms with Gasteiger partial charge in [-0.15, -0.1) is 10.2 Å². The first kappa shape index (κ1) is 21.5. The van der Waals surface area contributed by atoms with Crippen molar-refractivity contribution < 1.29 is 9.50 Å². The molecule has 33 heavy (non-hydrogen) atoms. The number of benzene rings is 1. The summed E-state index contributed by atoms with van der Waals surface area (Å²) in [5, 5.41) is 26.8. The van der Waals surface area contributed by atoms with Crippen LogP contribution < -0.4 is 15.8 Å². The van der Waals surface area contributed by atoms with Crippen LogP contribution >= 0.6 is 0 Å². The first-order chi connectivity index (χ1) is 15.9. The lowest BCUT2D eigenvalue weighted by atomic mass is 9.83. The molecule has 0 saturated carbocycles. The second kappa shape index (κ2) is 8.55. The average Bonchev–Trinajstić information content (AvgIpc) is 2.81. The number of aromatic nitrogens is 4. The van der Waals surface area contributed by atoms with E-state index >= 15 is 0 Å². The third-order valence-electron chi connectivity index (χ3n) is 6.89. The lowest BCUT2D eigenvalue weighted by Gasteiger charge is -2.43. The van der Waals surface area contributed by atoms with E-state index in [1.165, 1.54) is 50.7 Å². The molecule has 8 nitrogen and oxygen atoms in total. The first-order valence-corrected chi connectivity index (χ1v) is 11.3. The number of anilines is 1. The molecule has 0 radical (unpaired) electrons. The minimum atomic E-state index is -0.581. The van der Waals surface area contributed by atoms with Gasteiger partial charge in [-0.1, -0.05) is 6.42 Å². The quantitative estimate of drug-likeness (QED) is 0.631. The number of aromatic hydroxyl groups is 1. The Morgan fingerprint density at radius 2 is 1.88 bits per heavy atom. The number of rotatable bonds is 4. The highest BCUT2D eigenvalue weighted by Crippen LogP contribution is 2.35. The van der Waals surface area contributed by atoms with E-state index < -0.39 is 5.82 Å². The summed E-state index contributed by atoms with van der Waals surface area (Å²) in [5.41, 5.74) is 0.651. The maximum atomic E-state index is 14.9. The van der Waals surface area contributed by atoms with Gasteiger partial charge in [0.05, 0.1) is 11.9 Å². The third-order valence-corrected chi connectivity index (χ3v) is 6.89. The van der Waals surface area contributed by atoms with Crippen LogP contribution in [0.4, 0.5) is 10.2 Å². The number of phenols is 1. The molecule has 0 unspecified atom stereocenters. The van der Waals surface area contributed by atoms with Crippen LogP contribution in [0.3, 0.4) is 0 Å². The Kier molecular flexibility index (Phi) is 5.57. The largest absolute Gasteiger partial charge is 0.507 e. The molecule has 2 aliphatic heterocycles. The predicted octanol–water partition coefficient (Wildman–Crippen LogP) is 2.86. The number of hydrogen-bond acceptors (Lipinski definition) is 7. The number of hydrogen-bond donors (Lipinski definition) is 2. The second-order valence-electron chi connectivity index (χ2n) is 9.06. The van der Waals surface area contributed by atoms with Crippen molar-refractivity contribution in [2.45, 2.75) is 50.2 Å². The minimum absolute atomic E-state index is 0.0993. The highest BCUT2D eigenvalue weighted by Gasteiger charge is 2.33. The molecule has 9 heteroatoms. The third kappa shape index (κ3) is 4.20. The Balaban J connectivity index is 1.38. The highest BCUT2D eigenvalue weighted by atomic mass is 19.1. The van der Waals surface area contributed by atoms with Crippen LogP contribution in [-0.2, 0) is 7.05 Å². The van der Waals surface area contributed by atoms with Gasteiger partial charge in [-0.2, -0.15) is 5.10 Å². The van der Waals surface area contributed by atoms with Crippen LogP contribution in [-0.4, -0.2) is 50.3 Å². The van der Waals surface area contributed by atoms with Gasteiger partial charge in [0.25, 0.3) is 5.56 Å². The molecule has 2 N–H and O–H groups in total. The maximum absolute atomic E-state index is 14.9. The van der Waals surface area contributed by atoms with Gasteiger partial charge in [0.2, 0.25) is 0 Å². The number of nitrogens with one attached hydrogen (secondary N) is 1. The molecule has 0 amide bonds. The SMILES string of the molecule is CN(c1ccc(-c2cc(F)c(-c3cnn(C)c(=O)c3)cc2O)nn1)[C@H]1C[C@H]2CCC[C@@H](C1)N2. The van der Waals surface area contributed by atoms with Gasteiger partial charge in [-0.05, 0) is 49.9 Å². The normalized spacial score (nSPS) is 22.2. The van der Waals surface area contributed by atoms with Crippen LogP contribution in [0.1, 0.15) is 32.1 Å². The van der Waals surface area contributed by atoms with E-state index in [2.05, 4.69) is 25.5 Å². The van der Waals surface area contributed by atoms with Gasteiger partial charge in [0.1, 0.15) is 11.6 Å². The summed E-state index contributed by atoms with van der Waals surface area (Å²) in [6, 6.07) is 8.92. The van der Waals surface area contributed by atoms with Crippen molar-refractivity contribution in [1.29, 1.82) is 0 Å². The van der Waals surface area contributed by atoms with E-state index in [1.807, 2.05) is 13.1 Å². The van der Waals surface area contributed by atoms with E-state index in [-0.39, 0.29) is 22.4 Å². The molecule has 2 saturated heterocycles. The molecular formula is C24H27FN6O2. The summed E-state index contributed by atoms with van der Waals surface area (Å²) in [7, 11) is 3.55. The second-order valence-corrected chi connectivity index (χ2v) is 9.06. The van der Waals surface area contributed by atoms with Crippen molar-refractivity contribution in [3.63, 3.8) is 0 Å². The standard InChI is InChI=1S/C24H27FN6O2/c1-30(17-9-15-4-3-5-16(10-17)27-15)23-7-6-21(28-29-23)19-11-20(25)18(12-22(19)32)14-8-24(33)31(2)26-13-14/h6-8,11-13,15-17,27,32H,3-5,9-10H2,1-2H3/t15-,16+,17+. The monoisotopic (exact) mass is 450 g/mol. The molecule has 1 aromatic carbocycles. The molecule has 2 aliphatic rings. The Labute approximate surface area is 191 Å². The molecule has 0 aliphatic carbocycles. The molecular weight excluding hydrogens is 423 g/mol. The summed E-state index contributed by atoms with van der Waals surface area (Å²) in [6.07, 6.45) is 7.30. The molecule has 172 valence electrons.